The van der Waals surface area contributed by atoms with E-state index in [1.165, 1.54) is 17.7 Å². The van der Waals surface area contributed by atoms with Gasteiger partial charge in [0.05, 0.1) is 31.1 Å². The number of likely N-dealkylation sites (tertiary alicyclic amines) is 1. The van der Waals surface area contributed by atoms with Crippen LogP contribution in [0.15, 0.2) is 35.5 Å². The number of nitrogens with zero attached hydrogens (tertiary/aromatic N) is 4. The summed E-state index contributed by atoms with van der Waals surface area (Å²) in [5.41, 5.74) is -3.04. The first kappa shape index (κ1) is 29.1. The number of thioether (sulfide) groups is 1. The Labute approximate surface area is 228 Å². The first-order valence-corrected chi connectivity index (χ1v) is 15.5. The topological polar surface area (TPSA) is 83.8 Å². The van der Waals surface area contributed by atoms with Gasteiger partial charge in [-0.15, -0.1) is 0 Å². The minimum absolute atomic E-state index is 0.0492. The van der Waals surface area contributed by atoms with Gasteiger partial charge in [0, 0.05) is 31.0 Å². The fourth-order valence-corrected chi connectivity index (χ4v) is 5.58. The molecule has 14 heteroatoms. The van der Waals surface area contributed by atoms with Crippen molar-refractivity contribution in [2.75, 3.05) is 57.8 Å². The van der Waals surface area contributed by atoms with E-state index in [0.717, 1.165) is 0 Å². The fourth-order valence-electron chi connectivity index (χ4n) is 4.15. The van der Waals surface area contributed by atoms with Crippen LogP contribution in [-0.4, -0.2) is 84.1 Å². The molecular formula is C25H29F4N6O2PS. The van der Waals surface area contributed by atoms with Gasteiger partial charge < -0.3 is 24.8 Å². The van der Waals surface area contributed by atoms with Crippen LogP contribution in [0.3, 0.4) is 0 Å². The summed E-state index contributed by atoms with van der Waals surface area (Å²) in [6, 6.07) is 6.07. The quantitative estimate of drug-likeness (QED) is 0.182. The Hall–Kier alpha value is -2.94. The van der Waals surface area contributed by atoms with Gasteiger partial charge in [0.1, 0.15) is 29.5 Å². The molecule has 3 aromatic rings. The monoisotopic (exact) mass is 584 g/mol. The van der Waals surface area contributed by atoms with Crippen molar-refractivity contribution in [1.82, 2.24) is 19.3 Å². The maximum atomic E-state index is 14.6. The maximum absolute atomic E-state index is 14.6. The Kier molecular flexibility index (Phi) is 8.69. The minimum atomic E-state index is -4.56. The number of rotatable bonds is 7. The van der Waals surface area contributed by atoms with Crippen LogP contribution in [0.2, 0.25) is 0 Å². The molecule has 8 nitrogen and oxygen atoms in total. The van der Waals surface area contributed by atoms with Crippen molar-refractivity contribution in [1.29, 1.82) is 0 Å². The number of fused-ring (bicyclic) bond motifs is 1. The third-order valence-electron chi connectivity index (χ3n) is 6.07. The van der Waals surface area contributed by atoms with Crippen molar-refractivity contribution in [2.24, 2.45) is 0 Å². The van der Waals surface area contributed by atoms with E-state index >= 15 is 0 Å². The summed E-state index contributed by atoms with van der Waals surface area (Å²) in [7, 11) is 0.682. The van der Waals surface area contributed by atoms with Crippen molar-refractivity contribution < 1.29 is 26.9 Å². The van der Waals surface area contributed by atoms with Crippen molar-refractivity contribution in [3.8, 4) is 17.7 Å². The molecule has 0 aromatic carbocycles. The normalized spacial score (nSPS) is 18.5. The molecule has 39 heavy (non-hydrogen) atoms. The number of nitrogens with one attached hydrogen (secondary N) is 2. The number of aromatic nitrogens is 3. The molecule has 1 saturated heterocycles. The maximum Gasteiger partial charge on any atom is 0.447 e. The van der Waals surface area contributed by atoms with Gasteiger partial charge in [-0.3, -0.25) is 4.40 Å². The zero-order valence-corrected chi connectivity index (χ0v) is 23.6. The molecule has 4 heterocycles. The zero-order valence-electron chi connectivity index (χ0n) is 21.8. The van der Waals surface area contributed by atoms with Gasteiger partial charge in [0.2, 0.25) is 5.88 Å². The number of hydrogen-bond acceptors (Lipinski definition) is 8. The molecule has 0 aliphatic carbocycles. The molecule has 210 valence electrons. The lowest BCUT2D eigenvalue weighted by Gasteiger charge is -2.33. The Morgan fingerprint density at radius 1 is 1.23 bits per heavy atom. The lowest BCUT2D eigenvalue weighted by atomic mass is 10.0. The first-order valence-electron chi connectivity index (χ1n) is 12.0. The van der Waals surface area contributed by atoms with Gasteiger partial charge >= 0.3 is 5.51 Å². The Morgan fingerprint density at radius 2 is 2.00 bits per heavy atom. The van der Waals surface area contributed by atoms with Crippen LogP contribution in [0.5, 0.6) is 5.88 Å². The Bertz CT molecular complexity index is 1450. The van der Waals surface area contributed by atoms with Crippen LogP contribution in [0.1, 0.15) is 12.1 Å². The molecule has 0 radical (unpaired) electrons. The van der Waals surface area contributed by atoms with Gasteiger partial charge in [-0.1, -0.05) is 5.92 Å². The molecule has 0 spiro atoms. The van der Waals surface area contributed by atoms with Crippen LogP contribution in [0.4, 0.5) is 28.9 Å². The SMILES string of the molecule is COc1nc(P(C)(C)=O)ccc1NCC#Cc1nc2c(N[C@@H]3CCN(C)C[C@@H]3F)cccn2c1SC(F)(F)F. The van der Waals surface area contributed by atoms with Gasteiger partial charge in [-0.25, -0.2) is 14.4 Å². The van der Waals surface area contributed by atoms with E-state index in [4.69, 9.17) is 4.74 Å². The van der Waals surface area contributed by atoms with Gasteiger partial charge in [-0.2, -0.15) is 13.2 Å². The van der Waals surface area contributed by atoms with Crippen molar-refractivity contribution in [3.63, 3.8) is 0 Å². The molecule has 0 unspecified atom stereocenters. The highest BCUT2D eigenvalue weighted by Crippen LogP contribution is 2.40. The molecule has 2 atom stereocenters. The highest BCUT2D eigenvalue weighted by Gasteiger charge is 2.34. The number of imidazole rings is 1. The first-order chi connectivity index (χ1) is 18.4. The molecule has 3 aromatic heterocycles. The molecule has 0 bridgehead atoms. The summed E-state index contributed by atoms with van der Waals surface area (Å²) >= 11 is -0.304. The number of halogens is 4. The molecule has 1 fully saturated rings. The van der Waals surface area contributed by atoms with Crippen molar-refractivity contribution in [3.05, 3.63) is 36.2 Å². The molecule has 1 aliphatic rings. The summed E-state index contributed by atoms with van der Waals surface area (Å²) in [4.78, 5) is 10.6. The van der Waals surface area contributed by atoms with E-state index in [2.05, 4.69) is 32.4 Å². The number of hydrogen-bond donors (Lipinski definition) is 2. The highest BCUT2D eigenvalue weighted by molar-refractivity contribution is 8.00. The lowest BCUT2D eigenvalue weighted by Crippen LogP contribution is -2.46. The average Bonchev–Trinajstić information content (AvgIpc) is 3.19. The summed E-state index contributed by atoms with van der Waals surface area (Å²) < 4.78 is 73.9. The van der Waals surface area contributed by atoms with Crippen LogP contribution in [0.25, 0.3) is 5.65 Å². The molecule has 2 N–H and O–H groups in total. The molecule has 1 aliphatic heterocycles. The van der Waals surface area contributed by atoms with Crippen LogP contribution < -0.4 is 20.8 Å². The predicted molar refractivity (Wildman–Crippen MR) is 147 cm³/mol. The fraction of sp³-hybridized carbons (Fsp3) is 0.440. The van der Waals surface area contributed by atoms with Crippen LogP contribution in [-0.2, 0) is 4.57 Å². The highest BCUT2D eigenvalue weighted by atomic mass is 32.2. The minimum Gasteiger partial charge on any atom is -0.480 e. The predicted octanol–water partition coefficient (Wildman–Crippen LogP) is 4.52. The van der Waals surface area contributed by atoms with E-state index in [1.54, 1.807) is 37.6 Å². The largest absolute Gasteiger partial charge is 0.480 e. The average molecular weight is 585 g/mol. The van der Waals surface area contributed by atoms with E-state index in [-0.39, 0.29) is 47.1 Å². The van der Waals surface area contributed by atoms with E-state index in [9.17, 15) is 22.1 Å². The molecule has 4 rings (SSSR count). The third-order valence-corrected chi connectivity index (χ3v) is 8.24. The van der Waals surface area contributed by atoms with E-state index in [0.29, 0.717) is 29.8 Å². The second-order valence-electron chi connectivity index (χ2n) is 9.48. The summed E-state index contributed by atoms with van der Waals surface area (Å²) in [5.74, 6) is 5.77. The van der Waals surface area contributed by atoms with Crippen molar-refractivity contribution >= 4 is 41.4 Å². The number of pyridine rings is 2. The van der Waals surface area contributed by atoms with Crippen LogP contribution >= 0.6 is 18.9 Å². The second kappa shape index (κ2) is 11.7. The van der Waals surface area contributed by atoms with Crippen LogP contribution in [0, 0.1) is 11.8 Å². The van der Waals surface area contributed by atoms with Gasteiger partial charge in [-0.05, 0) is 57.0 Å². The Balaban J connectivity index is 1.60. The molecule has 0 amide bonds. The van der Waals surface area contributed by atoms with E-state index in [1.807, 2.05) is 11.9 Å². The molecule has 0 saturated carbocycles. The number of ether oxygens (including phenoxy) is 1. The number of anilines is 2. The van der Waals surface area contributed by atoms with E-state index < -0.39 is 24.9 Å². The lowest BCUT2D eigenvalue weighted by molar-refractivity contribution is -0.0329. The summed E-state index contributed by atoms with van der Waals surface area (Å²) in [5, 5.41) is 5.97. The zero-order chi connectivity index (χ0) is 28.4. The van der Waals surface area contributed by atoms with Crippen molar-refractivity contribution in [2.45, 2.75) is 29.2 Å². The number of alkyl halides is 4. The number of methoxy groups -OCH3 is 1. The van der Waals surface area contributed by atoms with Gasteiger partial charge in [0.15, 0.2) is 5.65 Å². The second-order valence-corrected chi connectivity index (χ2v) is 13.7. The third kappa shape index (κ3) is 7.18. The summed E-state index contributed by atoms with van der Waals surface area (Å²) in [6.45, 7) is 4.23. The summed E-state index contributed by atoms with van der Waals surface area (Å²) in [6.07, 6.45) is 0.899. The number of piperidine rings is 1. The van der Waals surface area contributed by atoms with Gasteiger partial charge in [0.25, 0.3) is 0 Å². The smallest absolute Gasteiger partial charge is 0.447 e. The standard InChI is InChI=1S/C25H29F4N6O2PS/c1-34-14-11-17(16(26)15-34)31-18-8-6-13-35-22(18)32-20(24(35)39-25(27,28)29)7-5-12-30-19-9-10-21(38(3,4)36)33-23(19)37-2/h6,8-10,13,16-17,30-31H,11-12,14-15H2,1-4H3/t16-,17+/m0/s1. The Morgan fingerprint density at radius 3 is 2.67 bits per heavy atom. The molecular weight excluding hydrogens is 555 g/mol.